The molecule has 122 valence electrons. The fraction of sp³-hybridized carbons (Fsp3) is 0.562. The summed E-state index contributed by atoms with van der Waals surface area (Å²) in [5.41, 5.74) is -1.46. The average Bonchev–Trinajstić information content (AvgIpc) is 2.47. The summed E-state index contributed by atoms with van der Waals surface area (Å²) >= 11 is 5.79. The van der Waals surface area contributed by atoms with E-state index in [1.165, 1.54) is 18.2 Å². The number of benzene rings is 1. The van der Waals surface area contributed by atoms with Crippen LogP contribution >= 0.6 is 11.6 Å². The third-order valence-corrected chi connectivity index (χ3v) is 5.02. The number of halogens is 2. The molecule has 1 saturated carbocycles. The van der Waals surface area contributed by atoms with E-state index in [0.29, 0.717) is 13.0 Å². The maximum atomic E-state index is 13.4. The Morgan fingerprint density at radius 1 is 1.55 bits per heavy atom. The molecule has 4 nitrogen and oxygen atoms in total. The topological polar surface area (TPSA) is 58.6 Å². The molecule has 0 aliphatic heterocycles. The lowest BCUT2D eigenvalue weighted by atomic mass is 9.56. The molecule has 1 aromatic carbocycles. The number of hydrogen-bond acceptors (Lipinski definition) is 3. The van der Waals surface area contributed by atoms with Crippen LogP contribution in [0.4, 0.5) is 4.39 Å². The first kappa shape index (κ1) is 17.2. The van der Waals surface area contributed by atoms with Crippen molar-refractivity contribution in [2.45, 2.75) is 38.9 Å². The van der Waals surface area contributed by atoms with E-state index in [2.05, 4.69) is 5.32 Å². The van der Waals surface area contributed by atoms with Gasteiger partial charge in [-0.25, -0.2) is 4.39 Å². The Morgan fingerprint density at radius 2 is 2.23 bits per heavy atom. The van der Waals surface area contributed by atoms with Crippen molar-refractivity contribution in [2.24, 2.45) is 5.41 Å². The highest BCUT2D eigenvalue weighted by Gasteiger charge is 2.59. The molecule has 2 unspecified atom stereocenters. The molecule has 0 aromatic heterocycles. The molecule has 0 spiro atoms. The van der Waals surface area contributed by atoms with Gasteiger partial charge in [-0.1, -0.05) is 31.5 Å². The van der Waals surface area contributed by atoms with Gasteiger partial charge in [0.1, 0.15) is 5.82 Å². The summed E-state index contributed by atoms with van der Waals surface area (Å²) < 4.78 is 18.9. The van der Waals surface area contributed by atoms with Crippen molar-refractivity contribution in [2.75, 3.05) is 13.2 Å². The highest BCUT2D eigenvalue weighted by atomic mass is 35.5. The molecule has 2 rings (SSSR count). The lowest BCUT2D eigenvalue weighted by Crippen LogP contribution is -2.68. The molecule has 0 heterocycles. The van der Waals surface area contributed by atoms with Crippen molar-refractivity contribution in [1.29, 1.82) is 0 Å². The van der Waals surface area contributed by atoms with E-state index < -0.39 is 22.7 Å². The molecule has 2 atom stereocenters. The van der Waals surface area contributed by atoms with Crippen molar-refractivity contribution in [3.8, 4) is 0 Å². The van der Waals surface area contributed by atoms with Gasteiger partial charge in [-0.2, -0.15) is 0 Å². The highest BCUT2D eigenvalue weighted by molar-refractivity contribution is 6.34. The fourth-order valence-corrected chi connectivity index (χ4v) is 2.97. The number of carbonyl (C=O) groups excluding carboxylic acids is 1. The van der Waals surface area contributed by atoms with Gasteiger partial charge in [0.2, 0.25) is 0 Å². The van der Waals surface area contributed by atoms with E-state index in [-0.39, 0.29) is 23.2 Å². The number of nitrogens with one attached hydrogen (secondary N) is 1. The minimum absolute atomic E-state index is 0.0443. The first-order chi connectivity index (χ1) is 10.2. The summed E-state index contributed by atoms with van der Waals surface area (Å²) in [7, 11) is 0. The van der Waals surface area contributed by atoms with Gasteiger partial charge in [0, 0.05) is 25.0 Å². The van der Waals surface area contributed by atoms with Crippen molar-refractivity contribution >= 4 is 17.5 Å². The smallest absolute Gasteiger partial charge is 0.253 e. The predicted octanol–water partition coefficient (Wildman–Crippen LogP) is 2.78. The van der Waals surface area contributed by atoms with Crippen molar-refractivity contribution in [3.05, 3.63) is 34.6 Å². The molecular weight excluding hydrogens is 309 g/mol. The zero-order chi connectivity index (χ0) is 16.5. The molecule has 0 radical (unpaired) electrons. The van der Waals surface area contributed by atoms with E-state index >= 15 is 0 Å². The van der Waals surface area contributed by atoms with Gasteiger partial charge >= 0.3 is 0 Å². The Labute approximate surface area is 134 Å². The lowest BCUT2D eigenvalue weighted by molar-refractivity contribution is -0.237. The minimum atomic E-state index is -1.05. The quantitative estimate of drug-likeness (QED) is 0.873. The third kappa shape index (κ3) is 2.85. The SMILES string of the molecule is CCOC1CC(O)(CNC(=O)c2cccc(F)c2Cl)C1(C)C. The van der Waals surface area contributed by atoms with Gasteiger partial charge < -0.3 is 15.2 Å². The summed E-state index contributed by atoms with van der Waals surface area (Å²) in [6, 6.07) is 4.05. The Hall–Kier alpha value is -1.17. The van der Waals surface area contributed by atoms with E-state index in [1.807, 2.05) is 20.8 Å². The van der Waals surface area contributed by atoms with Gasteiger partial charge in [-0.05, 0) is 19.1 Å². The van der Waals surface area contributed by atoms with E-state index in [0.717, 1.165) is 0 Å². The van der Waals surface area contributed by atoms with Crippen LogP contribution in [0, 0.1) is 11.2 Å². The molecule has 1 aliphatic carbocycles. The summed E-state index contributed by atoms with van der Waals surface area (Å²) in [6.07, 6.45) is 0.405. The van der Waals surface area contributed by atoms with Crippen LogP contribution in [-0.2, 0) is 4.74 Å². The van der Waals surface area contributed by atoms with Crippen molar-refractivity contribution in [3.63, 3.8) is 0 Å². The molecule has 0 bridgehead atoms. The first-order valence-electron chi connectivity index (χ1n) is 7.29. The normalized spacial score (nSPS) is 26.4. The number of carbonyl (C=O) groups is 1. The Bertz CT molecular complexity index is 579. The fourth-order valence-electron chi connectivity index (χ4n) is 2.76. The van der Waals surface area contributed by atoms with Crippen LogP contribution in [-0.4, -0.2) is 35.9 Å². The zero-order valence-corrected chi connectivity index (χ0v) is 13.7. The predicted molar refractivity (Wildman–Crippen MR) is 82.5 cm³/mol. The zero-order valence-electron chi connectivity index (χ0n) is 13.0. The van der Waals surface area contributed by atoms with E-state index in [4.69, 9.17) is 16.3 Å². The molecule has 1 amide bonds. The molecule has 0 saturated heterocycles. The average molecular weight is 330 g/mol. The van der Waals surface area contributed by atoms with Crippen LogP contribution in [0.15, 0.2) is 18.2 Å². The minimum Gasteiger partial charge on any atom is -0.387 e. The van der Waals surface area contributed by atoms with Gasteiger partial charge in [-0.15, -0.1) is 0 Å². The number of amides is 1. The monoisotopic (exact) mass is 329 g/mol. The third-order valence-electron chi connectivity index (χ3n) is 4.63. The maximum Gasteiger partial charge on any atom is 0.253 e. The van der Waals surface area contributed by atoms with Crippen LogP contribution in [0.3, 0.4) is 0 Å². The summed E-state index contributed by atoms with van der Waals surface area (Å²) in [5, 5.41) is 13.1. The second-order valence-electron chi connectivity index (χ2n) is 6.19. The number of hydrogen-bond donors (Lipinski definition) is 2. The van der Waals surface area contributed by atoms with Gasteiger partial charge in [0.15, 0.2) is 0 Å². The Kier molecular flexibility index (Phi) is 4.80. The van der Waals surface area contributed by atoms with Crippen LogP contribution in [0.1, 0.15) is 37.6 Å². The van der Waals surface area contributed by atoms with Gasteiger partial charge in [0.25, 0.3) is 5.91 Å². The second-order valence-corrected chi connectivity index (χ2v) is 6.56. The highest BCUT2D eigenvalue weighted by Crippen LogP contribution is 2.50. The molecule has 1 aromatic rings. The number of ether oxygens (including phenoxy) is 1. The van der Waals surface area contributed by atoms with Crippen LogP contribution in [0.2, 0.25) is 5.02 Å². The van der Waals surface area contributed by atoms with Gasteiger partial charge in [0.05, 0.1) is 22.3 Å². The number of aliphatic hydroxyl groups is 1. The lowest BCUT2D eigenvalue weighted by Gasteiger charge is -2.57. The molecule has 6 heteroatoms. The molecule has 2 N–H and O–H groups in total. The van der Waals surface area contributed by atoms with Gasteiger partial charge in [-0.3, -0.25) is 4.79 Å². The first-order valence-corrected chi connectivity index (χ1v) is 7.67. The van der Waals surface area contributed by atoms with E-state index in [9.17, 15) is 14.3 Å². The standard InChI is InChI=1S/C16H21ClFNO3/c1-4-22-12-8-16(21,15(12,2)3)9-19-14(20)10-6-5-7-11(18)13(10)17/h5-7,12,21H,4,8-9H2,1-3H3,(H,19,20). The molecule has 1 aliphatic rings. The van der Waals surface area contributed by atoms with Crippen molar-refractivity contribution < 1.29 is 19.0 Å². The van der Waals surface area contributed by atoms with Crippen LogP contribution < -0.4 is 5.32 Å². The second kappa shape index (κ2) is 6.14. The largest absolute Gasteiger partial charge is 0.387 e. The van der Waals surface area contributed by atoms with Crippen LogP contribution in [0.25, 0.3) is 0 Å². The number of rotatable bonds is 5. The van der Waals surface area contributed by atoms with Crippen LogP contribution in [0.5, 0.6) is 0 Å². The van der Waals surface area contributed by atoms with Crippen molar-refractivity contribution in [1.82, 2.24) is 5.32 Å². The maximum absolute atomic E-state index is 13.4. The Balaban J connectivity index is 2.01. The molecular formula is C16H21ClFNO3. The molecule has 22 heavy (non-hydrogen) atoms. The van der Waals surface area contributed by atoms with E-state index in [1.54, 1.807) is 0 Å². The summed E-state index contributed by atoms with van der Waals surface area (Å²) in [5.74, 6) is -1.15. The summed E-state index contributed by atoms with van der Waals surface area (Å²) in [6.45, 7) is 6.35. The summed E-state index contributed by atoms with van der Waals surface area (Å²) in [4.78, 5) is 12.1. The molecule has 1 fully saturated rings. The Morgan fingerprint density at radius 3 is 2.82 bits per heavy atom.